The Morgan fingerprint density at radius 2 is 1.76 bits per heavy atom. The number of carboxylic acid groups (broad SMARTS) is 1. The van der Waals surface area contributed by atoms with Gasteiger partial charge in [0.15, 0.2) is 0 Å². The Balaban J connectivity index is 1.92. The molecule has 1 heterocycles. The van der Waals surface area contributed by atoms with Crippen LogP contribution in [0, 0.1) is 0 Å². The minimum absolute atomic E-state index is 0.0355. The summed E-state index contributed by atoms with van der Waals surface area (Å²) < 4.78 is 32.5. The van der Waals surface area contributed by atoms with E-state index in [1.807, 2.05) is 4.90 Å². The van der Waals surface area contributed by atoms with Crippen LogP contribution >= 0.6 is 0 Å². The Kier molecular flexibility index (Phi) is 4.91. The molecule has 0 saturated carbocycles. The first-order valence-corrected chi connectivity index (χ1v) is 9.23. The van der Waals surface area contributed by atoms with Gasteiger partial charge in [-0.25, -0.2) is 13.2 Å². The zero-order valence-corrected chi connectivity index (χ0v) is 14.2. The molecule has 2 aromatic carbocycles. The highest BCUT2D eigenvalue weighted by atomic mass is 32.2. The van der Waals surface area contributed by atoms with Gasteiger partial charge in [-0.15, -0.1) is 0 Å². The van der Waals surface area contributed by atoms with Crippen LogP contribution in [0.25, 0.3) is 0 Å². The molecule has 0 bridgehead atoms. The van der Waals surface area contributed by atoms with E-state index in [2.05, 4.69) is 4.72 Å². The normalized spacial score (nSPS) is 15.0. The lowest BCUT2D eigenvalue weighted by Gasteiger charge is -2.29. The molecule has 7 nitrogen and oxygen atoms in total. The number of carboxylic acids is 1. The first-order chi connectivity index (χ1) is 12.0. The van der Waals surface area contributed by atoms with Gasteiger partial charge in [0.25, 0.3) is 10.0 Å². The average Bonchev–Trinajstić information content (AvgIpc) is 2.63. The highest BCUT2D eigenvalue weighted by Crippen LogP contribution is 2.26. The molecule has 132 valence electrons. The van der Waals surface area contributed by atoms with Crippen molar-refractivity contribution in [2.45, 2.75) is 4.90 Å². The smallest absolute Gasteiger partial charge is 0.337 e. The Morgan fingerprint density at radius 3 is 2.40 bits per heavy atom. The van der Waals surface area contributed by atoms with Gasteiger partial charge in [-0.05, 0) is 30.3 Å². The Hall–Kier alpha value is -2.58. The van der Waals surface area contributed by atoms with Gasteiger partial charge in [-0.3, -0.25) is 4.72 Å². The molecular formula is C17H18N2O5S. The van der Waals surface area contributed by atoms with E-state index < -0.39 is 16.0 Å². The number of benzene rings is 2. The number of rotatable bonds is 5. The second-order valence-corrected chi connectivity index (χ2v) is 7.24. The van der Waals surface area contributed by atoms with Crippen LogP contribution in [0.3, 0.4) is 0 Å². The number of anilines is 2. The van der Waals surface area contributed by atoms with Gasteiger partial charge in [-0.2, -0.15) is 0 Å². The highest BCUT2D eigenvalue weighted by Gasteiger charge is 2.20. The van der Waals surface area contributed by atoms with Crippen molar-refractivity contribution in [3.8, 4) is 0 Å². The van der Waals surface area contributed by atoms with Crippen LogP contribution in [-0.4, -0.2) is 45.8 Å². The third kappa shape index (κ3) is 3.92. The molecule has 0 spiro atoms. The zero-order valence-electron chi connectivity index (χ0n) is 13.4. The minimum Gasteiger partial charge on any atom is -0.478 e. The molecule has 2 aromatic rings. The van der Waals surface area contributed by atoms with E-state index in [-0.39, 0.29) is 16.1 Å². The number of nitrogens with one attached hydrogen (secondary N) is 1. The second kappa shape index (κ2) is 7.12. The van der Waals surface area contributed by atoms with Gasteiger partial charge in [0.2, 0.25) is 0 Å². The summed E-state index contributed by atoms with van der Waals surface area (Å²) in [5, 5.41) is 9.48. The summed E-state index contributed by atoms with van der Waals surface area (Å²) in [6.45, 7) is 2.47. The topological polar surface area (TPSA) is 95.9 Å². The number of hydrogen-bond acceptors (Lipinski definition) is 5. The molecular weight excluding hydrogens is 344 g/mol. The predicted molar refractivity (Wildman–Crippen MR) is 93.7 cm³/mol. The van der Waals surface area contributed by atoms with Crippen LogP contribution < -0.4 is 9.62 Å². The lowest BCUT2D eigenvalue weighted by molar-refractivity contribution is 0.0698. The number of morpholine rings is 1. The van der Waals surface area contributed by atoms with Crippen molar-refractivity contribution in [3.63, 3.8) is 0 Å². The van der Waals surface area contributed by atoms with Gasteiger partial charge >= 0.3 is 5.97 Å². The maximum absolute atomic E-state index is 12.4. The molecule has 0 atom stereocenters. The summed E-state index contributed by atoms with van der Waals surface area (Å²) in [6, 6.07) is 12.5. The summed E-state index contributed by atoms with van der Waals surface area (Å²) >= 11 is 0. The summed E-state index contributed by atoms with van der Waals surface area (Å²) in [7, 11) is -3.85. The third-order valence-electron chi connectivity index (χ3n) is 3.91. The lowest BCUT2D eigenvalue weighted by atomic mass is 10.1. The molecule has 1 fully saturated rings. The maximum atomic E-state index is 12.4. The molecule has 0 aromatic heterocycles. The van der Waals surface area contributed by atoms with Crippen LogP contribution in [0.5, 0.6) is 0 Å². The van der Waals surface area contributed by atoms with E-state index in [4.69, 9.17) is 4.74 Å². The fourth-order valence-electron chi connectivity index (χ4n) is 2.62. The second-order valence-electron chi connectivity index (χ2n) is 5.55. The monoisotopic (exact) mass is 362 g/mol. The third-order valence-corrected chi connectivity index (χ3v) is 5.29. The summed E-state index contributed by atoms with van der Waals surface area (Å²) in [4.78, 5) is 13.7. The molecule has 3 rings (SSSR count). The zero-order chi connectivity index (χ0) is 17.9. The fraction of sp³-hybridized carbons (Fsp3) is 0.235. The number of nitrogens with zero attached hydrogens (tertiary/aromatic N) is 1. The Bertz CT molecular complexity index is 862. The first-order valence-electron chi connectivity index (χ1n) is 7.75. The van der Waals surface area contributed by atoms with E-state index in [1.165, 1.54) is 24.3 Å². The minimum atomic E-state index is -3.85. The summed E-state index contributed by atoms with van der Waals surface area (Å²) in [5.41, 5.74) is 0.667. The fourth-order valence-corrected chi connectivity index (χ4v) is 3.72. The molecule has 0 amide bonds. The number of ether oxygens (including phenoxy) is 1. The molecule has 2 N–H and O–H groups in total. The quantitative estimate of drug-likeness (QED) is 0.845. The molecule has 8 heteroatoms. The van der Waals surface area contributed by atoms with Gasteiger partial charge in [0, 0.05) is 18.8 Å². The largest absolute Gasteiger partial charge is 0.478 e. The van der Waals surface area contributed by atoms with Crippen molar-refractivity contribution in [3.05, 3.63) is 54.1 Å². The van der Waals surface area contributed by atoms with E-state index in [0.717, 1.165) is 5.69 Å². The van der Waals surface area contributed by atoms with Gasteiger partial charge < -0.3 is 14.7 Å². The number of sulfonamides is 1. The van der Waals surface area contributed by atoms with Gasteiger partial charge in [0.05, 0.1) is 29.4 Å². The summed E-state index contributed by atoms with van der Waals surface area (Å²) in [5.74, 6) is -1.19. The van der Waals surface area contributed by atoms with E-state index in [1.54, 1.807) is 24.3 Å². The molecule has 25 heavy (non-hydrogen) atoms. The standard InChI is InChI=1S/C17H18N2O5S/c20-17(21)15-12-13(19-8-10-24-11-9-19)6-7-16(15)18-25(22,23)14-4-2-1-3-5-14/h1-7,12,18H,8-11H2,(H,20,21). The van der Waals surface area contributed by atoms with Gasteiger partial charge in [0.1, 0.15) is 0 Å². The maximum Gasteiger partial charge on any atom is 0.337 e. The van der Waals surface area contributed by atoms with Crippen molar-refractivity contribution in [1.82, 2.24) is 0 Å². The number of carbonyl (C=O) groups is 1. The highest BCUT2D eigenvalue weighted by molar-refractivity contribution is 7.92. The SMILES string of the molecule is O=C(O)c1cc(N2CCOCC2)ccc1NS(=O)(=O)c1ccccc1. The van der Waals surface area contributed by atoms with Crippen LogP contribution in [0.4, 0.5) is 11.4 Å². The van der Waals surface area contributed by atoms with Crippen molar-refractivity contribution >= 4 is 27.4 Å². The van der Waals surface area contributed by atoms with Gasteiger partial charge in [-0.1, -0.05) is 18.2 Å². The van der Waals surface area contributed by atoms with Crippen molar-refractivity contribution in [1.29, 1.82) is 0 Å². The Morgan fingerprint density at radius 1 is 1.08 bits per heavy atom. The predicted octanol–water partition coefficient (Wildman–Crippen LogP) is 2.02. The molecule has 0 radical (unpaired) electrons. The van der Waals surface area contributed by atoms with Crippen molar-refractivity contribution in [2.24, 2.45) is 0 Å². The summed E-state index contributed by atoms with van der Waals surface area (Å²) in [6.07, 6.45) is 0. The molecule has 0 unspecified atom stereocenters. The van der Waals surface area contributed by atoms with E-state index in [9.17, 15) is 18.3 Å². The van der Waals surface area contributed by atoms with Crippen LogP contribution in [0.1, 0.15) is 10.4 Å². The molecule has 1 saturated heterocycles. The van der Waals surface area contributed by atoms with Crippen molar-refractivity contribution in [2.75, 3.05) is 35.9 Å². The van der Waals surface area contributed by atoms with E-state index in [0.29, 0.717) is 26.3 Å². The molecule has 1 aliphatic rings. The van der Waals surface area contributed by atoms with Crippen LogP contribution in [-0.2, 0) is 14.8 Å². The van der Waals surface area contributed by atoms with Crippen molar-refractivity contribution < 1.29 is 23.1 Å². The molecule has 0 aliphatic carbocycles. The average molecular weight is 362 g/mol. The van der Waals surface area contributed by atoms with E-state index >= 15 is 0 Å². The molecule has 1 aliphatic heterocycles. The lowest BCUT2D eigenvalue weighted by Crippen LogP contribution is -2.36. The number of aromatic carboxylic acids is 1. The number of hydrogen-bond donors (Lipinski definition) is 2. The van der Waals surface area contributed by atoms with Crippen LogP contribution in [0.15, 0.2) is 53.4 Å². The first kappa shape index (κ1) is 17.2. The van der Waals surface area contributed by atoms with Crippen LogP contribution in [0.2, 0.25) is 0 Å². The Labute approximate surface area is 145 Å².